The first-order chi connectivity index (χ1) is 3.18. The predicted octanol–water partition coefficient (Wildman–Crippen LogP) is -1.37. The van der Waals surface area contributed by atoms with Crippen LogP contribution in [0.25, 0.3) is 0 Å². The molecule has 0 unspecified atom stereocenters. The monoisotopic (exact) mass is 104 g/mol. The average Bonchev–Trinajstić information content (AvgIpc) is 1.65. The summed E-state index contributed by atoms with van der Waals surface area (Å²) in [7, 11) is 0. The molecule has 0 saturated heterocycles. The van der Waals surface area contributed by atoms with Crippen LogP contribution < -0.4 is 5.84 Å². The fraction of sp³-hybridized carbons (Fsp3) is 0.667. The number of nitrogens with zero attached hydrogens (tertiary/aromatic N) is 1. The Morgan fingerprint density at radius 2 is 2.14 bits per heavy atom. The lowest BCUT2D eigenvalue weighted by Gasteiger charge is -1.96. The van der Waals surface area contributed by atoms with E-state index in [1.54, 1.807) is 0 Å². The Kier molecular flexibility index (Phi) is 2.32. The van der Waals surface area contributed by atoms with Gasteiger partial charge in [0.15, 0.2) is 6.29 Å². The molecule has 0 aliphatic rings. The fourth-order valence-electron chi connectivity index (χ4n) is 0.0667. The molecular formula is C3H8N2O2. The molecule has 0 heterocycles. The Labute approximate surface area is 41.3 Å². The average molecular weight is 104 g/mol. The molecule has 0 atom stereocenters. The van der Waals surface area contributed by atoms with Crippen molar-refractivity contribution >= 4 is 5.71 Å². The van der Waals surface area contributed by atoms with Crippen LogP contribution in [-0.4, -0.2) is 22.2 Å². The van der Waals surface area contributed by atoms with E-state index in [2.05, 4.69) is 10.9 Å². The Morgan fingerprint density at radius 1 is 1.71 bits per heavy atom. The second-order valence-corrected chi connectivity index (χ2v) is 1.14. The maximum atomic E-state index is 8.17. The number of hydrazone groups is 1. The largest absolute Gasteiger partial charge is 0.363 e. The molecule has 42 valence electrons. The van der Waals surface area contributed by atoms with Gasteiger partial charge in [-0.25, -0.2) is 0 Å². The maximum absolute atomic E-state index is 8.17. The lowest BCUT2D eigenvalue weighted by Crippen LogP contribution is -2.17. The third-order valence-electron chi connectivity index (χ3n) is 0.577. The molecule has 4 nitrogen and oxygen atoms in total. The first-order valence-corrected chi connectivity index (χ1v) is 1.79. The van der Waals surface area contributed by atoms with Gasteiger partial charge < -0.3 is 16.1 Å². The van der Waals surface area contributed by atoms with Gasteiger partial charge in [-0.1, -0.05) is 0 Å². The van der Waals surface area contributed by atoms with Crippen LogP contribution in [0, 0.1) is 0 Å². The summed E-state index contributed by atoms with van der Waals surface area (Å²) in [4.78, 5) is 0. The van der Waals surface area contributed by atoms with Gasteiger partial charge in [-0.3, -0.25) is 0 Å². The molecule has 0 aromatic carbocycles. The molecule has 4 heteroatoms. The van der Waals surface area contributed by atoms with E-state index >= 15 is 0 Å². The predicted molar refractivity (Wildman–Crippen MR) is 25.5 cm³/mol. The standard InChI is InChI=1S/C3H8N2O2/c1-2(5-4)3(6)7/h3,6-7H,4H2,1H3/b5-2-. The van der Waals surface area contributed by atoms with Gasteiger partial charge in [0.2, 0.25) is 0 Å². The molecule has 0 spiro atoms. The molecule has 0 amide bonds. The van der Waals surface area contributed by atoms with Gasteiger partial charge in [0.25, 0.3) is 0 Å². The first kappa shape index (κ1) is 6.39. The minimum atomic E-state index is -1.51. The van der Waals surface area contributed by atoms with Gasteiger partial charge in [0.1, 0.15) is 0 Å². The fourth-order valence-corrected chi connectivity index (χ4v) is 0.0667. The van der Waals surface area contributed by atoms with Crippen molar-refractivity contribution in [2.45, 2.75) is 13.2 Å². The minimum Gasteiger partial charge on any atom is -0.363 e. The van der Waals surface area contributed by atoms with E-state index in [-0.39, 0.29) is 5.71 Å². The van der Waals surface area contributed by atoms with Crippen LogP contribution >= 0.6 is 0 Å². The lowest BCUT2D eigenvalue weighted by atomic mass is 10.4. The zero-order valence-corrected chi connectivity index (χ0v) is 4.00. The van der Waals surface area contributed by atoms with E-state index < -0.39 is 6.29 Å². The van der Waals surface area contributed by atoms with E-state index in [4.69, 9.17) is 10.2 Å². The third kappa shape index (κ3) is 2.13. The Hall–Kier alpha value is -0.610. The second kappa shape index (κ2) is 2.54. The molecule has 0 aliphatic carbocycles. The minimum absolute atomic E-state index is 0.111. The molecule has 4 N–H and O–H groups in total. The summed E-state index contributed by atoms with van der Waals surface area (Å²) >= 11 is 0. The Balaban J connectivity index is 3.56. The van der Waals surface area contributed by atoms with Gasteiger partial charge in [0, 0.05) is 0 Å². The normalized spacial score (nSPS) is 12.9. The summed E-state index contributed by atoms with van der Waals surface area (Å²) in [6.07, 6.45) is -1.51. The molecular weight excluding hydrogens is 96.0 g/mol. The van der Waals surface area contributed by atoms with Crippen LogP contribution in [0.15, 0.2) is 5.10 Å². The van der Waals surface area contributed by atoms with Crippen molar-refractivity contribution in [3.63, 3.8) is 0 Å². The summed E-state index contributed by atoms with van der Waals surface area (Å²) in [5, 5.41) is 19.3. The molecule has 0 aromatic heterocycles. The van der Waals surface area contributed by atoms with Crippen molar-refractivity contribution in [3.05, 3.63) is 0 Å². The molecule has 0 aromatic rings. The van der Waals surface area contributed by atoms with Crippen molar-refractivity contribution in [1.29, 1.82) is 0 Å². The number of aliphatic hydroxyl groups excluding tert-OH is 1. The highest BCUT2D eigenvalue weighted by Gasteiger charge is 1.97. The SMILES string of the molecule is C/C(=N/N)C(O)O. The van der Waals surface area contributed by atoms with Gasteiger partial charge in [-0.05, 0) is 6.92 Å². The van der Waals surface area contributed by atoms with Crippen LogP contribution in [0.3, 0.4) is 0 Å². The van der Waals surface area contributed by atoms with Crippen LogP contribution in [0.4, 0.5) is 0 Å². The van der Waals surface area contributed by atoms with Crippen LogP contribution in [0.5, 0.6) is 0 Å². The molecule has 7 heavy (non-hydrogen) atoms. The van der Waals surface area contributed by atoms with Gasteiger partial charge >= 0.3 is 0 Å². The van der Waals surface area contributed by atoms with Gasteiger partial charge in [-0.15, -0.1) is 0 Å². The highest BCUT2D eigenvalue weighted by Crippen LogP contribution is 1.76. The molecule has 0 saturated carbocycles. The molecule has 0 bridgehead atoms. The lowest BCUT2D eigenvalue weighted by molar-refractivity contribution is 0.0190. The quantitative estimate of drug-likeness (QED) is 0.166. The number of hydrogen-bond acceptors (Lipinski definition) is 4. The number of nitrogens with two attached hydrogens (primary N) is 1. The number of aliphatic hydroxyl groups is 2. The topological polar surface area (TPSA) is 78.8 Å². The smallest absolute Gasteiger partial charge is 0.193 e. The summed E-state index contributed by atoms with van der Waals surface area (Å²) in [5.74, 6) is 4.64. The van der Waals surface area contributed by atoms with Gasteiger partial charge in [0.05, 0.1) is 5.71 Å². The zero-order valence-electron chi connectivity index (χ0n) is 4.00. The third-order valence-corrected chi connectivity index (χ3v) is 0.577. The molecule has 0 rings (SSSR count). The van der Waals surface area contributed by atoms with E-state index in [9.17, 15) is 0 Å². The molecule has 0 fully saturated rings. The molecule has 0 radical (unpaired) electrons. The van der Waals surface area contributed by atoms with Crippen molar-refractivity contribution < 1.29 is 10.2 Å². The van der Waals surface area contributed by atoms with Crippen LogP contribution in [-0.2, 0) is 0 Å². The highest BCUT2D eigenvalue weighted by atomic mass is 16.5. The van der Waals surface area contributed by atoms with Gasteiger partial charge in [-0.2, -0.15) is 5.10 Å². The summed E-state index contributed by atoms with van der Waals surface area (Å²) in [6.45, 7) is 1.42. The molecule has 0 aliphatic heterocycles. The maximum Gasteiger partial charge on any atom is 0.193 e. The van der Waals surface area contributed by atoms with E-state index in [1.165, 1.54) is 6.92 Å². The second-order valence-electron chi connectivity index (χ2n) is 1.14. The summed E-state index contributed by atoms with van der Waals surface area (Å²) in [6, 6.07) is 0. The van der Waals surface area contributed by atoms with E-state index in [0.29, 0.717) is 0 Å². The van der Waals surface area contributed by atoms with Crippen molar-refractivity contribution in [2.75, 3.05) is 0 Å². The summed E-state index contributed by atoms with van der Waals surface area (Å²) < 4.78 is 0. The first-order valence-electron chi connectivity index (χ1n) is 1.79. The number of hydrogen-bond donors (Lipinski definition) is 3. The van der Waals surface area contributed by atoms with E-state index in [1.807, 2.05) is 0 Å². The van der Waals surface area contributed by atoms with E-state index in [0.717, 1.165) is 0 Å². The Morgan fingerprint density at radius 3 is 2.14 bits per heavy atom. The Bertz CT molecular complexity index is 79.0. The van der Waals surface area contributed by atoms with Crippen LogP contribution in [0.1, 0.15) is 6.92 Å². The van der Waals surface area contributed by atoms with Crippen molar-refractivity contribution in [3.8, 4) is 0 Å². The van der Waals surface area contributed by atoms with Crippen LogP contribution in [0.2, 0.25) is 0 Å². The summed E-state index contributed by atoms with van der Waals surface area (Å²) in [5.41, 5.74) is 0.111. The zero-order chi connectivity index (χ0) is 5.86. The van der Waals surface area contributed by atoms with Crippen molar-refractivity contribution in [1.82, 2.24) is 0 Å². The highest BCUT2D eigenvalue weighted by molar-refractivity contribution is 5.84. The van der Waals surface area contributed by atoms with Crippen molar-refractivity contribution in [2.24, 2.45) is 10.9 Å². The number of rotatable bonds is 1.